The van der Waals surface area contributed by atoms with Gasteiger partial charge in [-0.15, -0.1) is 0 Å². The van der Waals surface area contributed by atoms with E-state index >= 15 is 0 Å². The van der Waals surface area contributed by atoms with E-state index in [2.05, 4.69) is 13.8 Å². The Morgan fingerprint density at radius 2 is 0.647 bits per heavy atom. The summed E-state index contributed by atoms with van der Waals surface area (Å²) in [6.45, 7) is 4.62. The van der Waals surface area contributed by atoms with Gasteiger partial charge in [0.05, 0.1) is 0 Å². The summed E-state index contributed by atoms with van der Waals surface area (Å²) in [5.74, 6) is 10.6. The van der Waals surface area contributed by atoms with Crippen LogP contribution in [-0.4, -0.2) is 11.6 Å². The maximum atomic E-state index is 11.8. The normalized spacial score (nSPS) is 36.7. The Balaban J connectivity index is 0.000000198. The molecule has 6 aliphatic carbocycles. The molecule has 0 aromatic carbocycles. The van der Waals surface area contributed by atoms with E-state index in [1.165, 1.54) is 199 Å². The number of carbonyl (C=O) groups excluding carboxylic acids is 2. The quantitative estimate of drug-likeness (QED) is 0.159. The summed E-state index contributed by atoms with van der Waals surface area (Å²) in [5.41, 5.74) is 0. The zero-order valence-electron chi connectivity index (χ0n) is 34.3. The van der Waals surface area contributed by atoms with Crippen LogP contribution in [0.5, 0.6) is 0 Å². The van der Waals surface area contributed by atoms with Crippen LogP contribution in [0.1, 0.15) is 239 Å². The number of hydrogen-bond donors (Lipinski definition) is 0. The van der Waals surface area contributed by atoms with Gasteiger partial charge in [0.2, 0.25) is 0 Å². The second kappa shape index (κ2) is 23.3. The van der Waals surface area contributed by atoms with Gasteiger partial charge in [0.1, 0.15) is 11.6 Å². The Morgan fingerprint density at radius 3 is 0.980 bits per heavy atom. The predicted molar refractivity (Wildman–Crippen MR) is 218 cm³/mol. The van der Waals surface area contributed by atoms with E-state index in [0.717, 1.165) is 84.9 Å². The van der Waals surface area contributed by atoms with Crippen LogP contribution in [0.4, 0.5) is 0 Å². The molecule has 0 spiro atoms. The van der Waals surface area contributed by atoms with E-state index in [9.17, 15) is 9.59 Å². The van der Waals surface area contributed by atoms with Crippen molar-refractivity contribution in [2.75, 3.05) is 0 Å². The number of unbranched alkanes of at least 4 members (excludes halogenated alkanes) is 7. The van der Waals surface area contributed by atoms with Crippen LogP contribution in [0.3, 0.4) is 0 Å². The minimum atomic E-state index is 0.552. The maximum Gasteiger partial charge on any atom is 0.133 e. The fourth-order valence-corrected chi connectivity index (χ4v) is 12.9. The van der Waals surface area contributed by atoms with Crippen molar-refractivity contribution in [3.63, 3.8) is 0 Å². The van der Waals surface area contributed by atoms with Crippen molar-refractivity contribution in [2.45, 2.75) is 239 Å². The first-order valence-electron chi connectivity index (χ1n) is 24.1. The van der Waals surface area contributed by atoms with Gasteiger partial charge in [-0.1, -0.05) is 110 Å². The van der Waals surface area contributed by atoms with Crippen molar-refractivity contribution in [3.05, 3.63) is 0 Å². The third kappa shape index (κ3) is 14.2. The third-order valence-electron chi connectivity index (χ3n) is 16.3. The highest BCUT2D eigenvalue weighted by Crippen LogP contribution is 2.47. The smallest absolute Gasteiger partial charge is 0.133 e. The van der Waals surface area contributed by atoms with Gasteiger partial charge in [0.25, 0.3) is 0 Å². The average Bonchev–Trinajstić information content (AvgIpc) is 3.17. The molecule has 0 aromatic heterocycles. The Bertz CT molecular complexity index is 937. The lowest BCUT2D eigenvalue weighted by Crippen LogP contribution is -2.30. The molecule has 0 saturated heterocycles. The number of rotatable bonds is 15. The third-order valence-corrected chi connectivity index (χ3v) is 16.3. The summed E-state index contributed by atoms with van der Waals surface area (Å²) in [6, 6.07) is 0. The van der Waals surface area contributed by atoms with Crippen molar-refractivity contribution in [1.82, 2.24) is 0 Å². The number of ketones is 2. The molecule has 6 rings (SSSR count). The Hall–Kier alpha value is -0.660. The monoisotopic (exact) mass is 707 g/mol. The molecule has 2 nitrogen and oxygen atoms in total. The van der Waals surface area contributed by atoms with Crippen molar-refractivity contribution in [1.29, 1.82) is 0 Å². The standard InChI is InChI=1S/C25H44O.C24H42O/c1-2-3-4-5-6-8-20-11-13-21(14-12-20)22-15-17-23(18-16-22)24-9-7-10-25(26)19-24;1-2-3-4-5-7-19-10-12-20(13-11-19)21-14-16-22(17-15-21)23-8-6-9-24(25)18-23/h20-24H,2-19H2,1H3;19-23H,2-18H2,1H3/t20-,21-,22?,23?,24?;19-,20-,21?,22?,23?. The molecule has 51 heavy (non-hydrogen) atoms. The Morgan fingerprint density at radius 1 is 0.353 bits per heavy atom. The number of hydrogen-bond acceptors (Lipinski definition) is 2. The summed E-state index contributed by atoms with van der Waals surface area (Å²) in [4.78, 5) is 23.6. The molecule has 0 heterocycles. The summed E-state index contributed by atoms with van der Waals surface area (Å²) in [5, 5.41) is 0. The van der Waals surface area contributed by atoms with Gasteiger partial charge in [-0.25, -0.2) is 0 Å². The molecule has 6 aliphatic rings. The van der Waals surface area contributed by atoms with E-state index in [4.69, 9.17) is 0 Å². The first-order chi connectivity index (χ1) is 25.0. The van der Waals surface area contributed by atoms with Gasteiger partial charge in [0, 0.05) is 25.7 Å². The van der Waals surface area contributed by atoms with Crippen molar-refractivity contribution in [2.24, 2.45) is 59.2 Å². The summed E-state index contributed by atoms with van der Waals surface area (Å²) in [7, 11) is 0. The van der Waals surface area contributed by atoms with Crippen LogP contribution in [0.2, 0.25) is 0 Å². The van der Waals surface area contributed by atoms with Crippen molar-refractivity contribution >= 4 is 11.6 Å². The molecule has 6 saturated carbocycles. The van der Waals surface area contributed by atoms with Crippen LogP contribution < -0.4 is 0 Å². The fourth-order valence-electron chi connectivity index (χ4n) is 12.9. The van der Waals surface area contributed by atoms with Crippen LogP contribution >= 0.6 is 0 Å². The molecule has 2 atom stereocenters. The molecule has 0 amide bonds. The highest BCUT2D eigenvalue weighted by Gasteiger charge is 2.36. The summed E-state index contributed by atoms with van der Waals surface area (Å²) in [6.07, 6.45) is 48.4. The van der Waals surface area contributed by atoms with E-state index in [1.54, 1.807) is 0 Å². The number of carbonyl (C=O) groups is 2. The Kier molecular flexibility index (Phi) is 19.0. The lowest BCUT2D eigenvalue weighted by molar-refractivity contribution is -0.123. The molecule has 6 fully saturated rings. The van der Waals surface area contributed by atoms with Crippen LogP contribution in [-0.2, 0) is 9.59 Å². The fraction of sp³-hybridized carbons (Fsp3) is 0.959. The molecule has 2 unspecified atom stereocenters. The maximum absolute atomic E-state index is 11.8. The second-order valence-electron chi connectivity index (χ2n) is 19.8. The van der Waals surface area contributed by atoms with Crippen LogP contribution in [0, 0.1) is 59.2 Å². The summed E-state index contributed by atoms with van der Waals surface area (Å²) >= 11 is 0. The van der Waals surface area contributed by atoms with Gasteiger partial charge in [0.15, 0.2) is 0 Å². The number of Topliss-reactive ketones (excluding diaryl/α,β-unsaturated/α-hetero) is 2. The van der Waals surface area contributed by atoms with Gasteiger partial charge in [-0.2, -0.15) is 0 Å². The topological polar surface area (TPSA) is 34.1 Å². The van der Waals surface area contributed by atoms with Gasteiger partial charge in [-0.3, -0.25) is 9.59 Å². The highest BCUT2D eigenvalue weighted by molar-refractivity contribution is 5.79. The van der Waals surface area contributed by atoms with Crippen LogP contribution in [0.15, 0.2) is 0 Å². The zero-order valence-corrected chi connectivity index (χ0v) is 34.3. The average molecular weight is 707 g/mol. The lowest BCUT2D eigenvalue weighted by Gasteiger charge is -2.40. The van der Waals surface area contributed by atoms with E-state index in [-0.39, 0.29) is 0 Å². The molecule has 0 N–H and O–H groups in total. The largest absolute Gasteiger partial charge is 0.300 e. The van der Waals surface area contributed by atoms with Gasteiger partial charge >= 0.3 is 0 Å². The molecule has 0 aromatic rings. The van der Waals surface area contributed by atoms with Crippen molar-refractivity contribution in [3.8, 4) is 0 Å². The van der Waals surface area contributed by atoms with Gasteiger partial charge in [-0.05, 0) is 162 Å². The van der Waals surface area contributed by atoms with Crippen molar-refractivity contribution < 1.29 is 9.59 Å². The minimum absolute atomic E-state index is 0.552. The molecular weight excluding hydrogens is 621 g/mol. The van der Waals surface area contributed by atoms with E-state index in [1.807, 2.05) is 0 Å². The molecule has 294 valence electrons. The minimum Gasteiger partial charge on any atom is -0.300 e. The Labute approximate surface area is 318 Å². The van der Waals surface area contributed by atoms with Crippen LogP contribution in [0.25, 0.3) is 0 Å². The first kappa shape index (κ1) is 41.5. The second-order valence-corrected chi connectivity index (χ2v) is 19.8. The molecule has 2 heteroatoms. The first-order valence-corrected chi connectivity index (χ1v) is 24.1. The predicted octanol–water partition coefficient (Wildman–Crippen LogP) is 15.0. The molecular formula is C49H86O2. The summed E-state index contributed by atoms with van der Waals surface area (Å²) < 4.78 is 0. The molecule has 0 aliphatic heterocycles. The SMILES string of the molecule is CCCCCCC[C@H]1CC[C@H](C2CCC(C3CCCC(=O)C3)CC2)CC1.CCCCCC[C@H]1CC[C@H](C2CCC(C3CCCC(=O)C3)CC2)CC1. The van der Waals surface area contributed by atoms with E-state index in [0.29, 0.717) is 11.6 Å². The zero-order chi connectivity index (χ0) is 35.7. The van der Waals surface area contributed by atoms with E-state index < -0.39 is 0 Å². The molecule has 0 bridgehead atoms. The molecule has 0 radical (unpaired) electrons. The van der Waals surface area contributed by atoms with Gasteiger partial charge < -0.3 is 0 Å². The lowest BCUT2D eigenvalue weighted by atomic mass is 9.65. The highest BCUT2D eigenvalue weighted by atomic mass is 16.1.